The fourth-order valence-electron chi connectivity index (χ4n) is 1.61. The maximum Gasteiger partial charge on any atom is 0.360 e. The molecule has 0 aromatic carbocycles. The third-order valence-corrected chi connectivity index (χ3v) is 2.40. The molecule has 2 heterocycles. The number of hydrogen-bond donors (Lipinski definition) is 1. The first-order valence-electron chi connectivity index (χ1n) is 6.02. The van der Waals surface area contributed by atoms with E-state index in [0.717, 1.165) is 5.39 Å². The number of esters is 1. The van der Waals surface area contributed by atoms with Crippen LogP contribution in [0.2, 0.25) is 0 Å². The minimum absolute atomic E-state index is 0.126. The van der Waals surface area contributed by atoms with E-state index >= 15 is 0 Å². The highest BCUT2D eigenvalue weighted by Crippen LogP contribution is 2.22. The van der Waals surface area contributed by atoms with Crippen LogP contribution in [0.15, 0.2) is 24.4 Å². The van der Waals surface area contributed by atoms with Gasteiger partial charge in [0.05, 0.1) is 6.61 Å². The number of nitrogens with zero attached hydrogens (tertiary/aromatic N) is 2. The van der Waals surface area contributed by atoms with E-state index in [4.69, 9.17) is 15.2 Å². The molecule has 19 heavy (non-hydrogen) atoms. The summed E-state index contributed by atoms with van der Waals surface area (Å²) in [4.78, 5) is 20.2. The van der Waals surface area contributed by atoms with E-state index in [-0.39, 0.29) is 12.3 Å². The second-order valence-electron chi connectivity index (χ2n) is 3.74. The van der Waals surface area contributed by atoms with Gasteiger partial charge in [0.15, 0.2) is 17.1 Å². The van der Waals surface area contributed by atoms with E-state index in [1.807, 2.05) is 6.07 Å². The molecule has 2 aromatic rings. The van der Waals surface area contributed by atoms with E-state index in [2.05, 4.69) is 9.97 Å². The lowest BCUT2D eigenvalue weighted by atomic mass is 10.2. The van der Waals surface area contributed by atoms with Gasteiger partial charge in [-0.2, -0.15) is 0 Å². The number of aromatic nitrogens is 2. The fraction of sp³-hybridized carbons (Fsp3) is 0.308. The van der Waals surface area contributed by atoms with E-state index < -0.39 is 5.97 Å². The largest absolute Gasteiger partial charge is 0.490 e. The van der Waals surface area contributed by atoms with Crippen molar-refractivity contribution in [3.05, 3.63) is 30.1 Å². The Morgan fingerprint density at radius 1 is 1.47 bits per heavy atom. The van der Waals surface area contributed by atoms with Crippen LogP contribution in [-0.4, -0.2) is 35.7 Å². The zero-order valence-corrected chi connectivity index (χ0v) is 10.6. The van der Waals surface area contributed by atoms with Crippen molar-refractivity contribution in [2.45, 2.75) is 6.92 Å². The molecule has 6 nitrogen and oxygen atoms in total. The van der Waals surface area contributed by atoms with Crippen molar-refractivity contribution in [1.82, 2.24) is 9.97 Å². The summed E-state index contributed by atoms with van der Waals surface area (Å²) in [5, 5.41) is 0.794. The molecule has 0 saturated carbocycles. The van der Waals surface area contributed by atoms with Crippen LogP contribution >= 0.6 is 0 Å². The molecule has 0 aliphatic heterocycles. The Labute approximate surface area is 110 Å². The quantitative estimate of drug-likeness (QED) is 0.812. The van der Waals surface area contributed by atoms with Crippen LogP contribution < -0.4 is 10.5 Å². The predicted molar refractivity (Wildman–Crippen MR) is 70.0 cm³/mol. The topological polar surface area (TPSA) is 87.3 Å². The summed E-state index contributed by atoms with van der Waals surface area (Å²) in [6.07, 6.45) is 1.62. The maximum atomic E-state index is 11.8. The SMILES string of the molecule is CCOC(=O)c1nc2ncccc2cc1OCCN. The molecule has 0 saturated heterocycles. The Balaban J connectivity index is 2.47. The highest BCUT2D eigenvalue weighted by atomic mass is 16.5. The Kier molecular flexibility index (Phi) is 4.25. The third kappa shape index (κ3) is 2.97. The first kappa shape index (κ1) is 13.2. The highest BCUT2D eigenvalue weighted by Gasteiger charge is 2.17. The number of nitrogens with two attached hydrogens (primary N) is 1. The first-order valence-corrected chi connectivity index (χ1v) is 6.02. The van der Waals surface area contributed by atoms with Gasteiger partial charge in [0.1, 0.15) is 6.61 Å². The van der Waals surface area contributed by atoms with Crippen molar-refractivity contribution in [1.29, 1.82) is 0 Å². The fourth-order valence-corrected chi connectivity index (χ4v) is 1.61. The van der Waals surface area contributed by atoms with E-state index in [1.165, 1.54) is 0 Å². The number of carbonyl (C=O) groups excluding carboxylic acids is 1. The minimum atomic E-state index is -0.526. The molecule has 2 N–H and O–H groups in total. The molecule has 2 rings (SSSR count). The van der Waals surface area contributed by atoms with Crippen molar-refractivity contribution >= 4 is 17.0 Å². The lowest BCUT2D eigenvalue weighted by molar-refractivity contribution is 0.0515. The van der Waals surface area contributed by atoms with Crippen LogP contribution in [0.3, 0.4) is 0 Å². The molecule has 0 atom stereocenters. The van der Waals surface area contributed by atoms with Gasteiger partial charge < -0.3 is 15.2 Å². The van der Waals surface area contributed by atoms with Gasteiger partial charge in [0.25, 0.3) is 0 Å². The molecule has 0 radical (unpaired) electrons. The Morgan fingerprint density at radius 2 is 2.32 bits per heavy atom. The summed E-state index contributed by atoms with van der Waals surface area (Å²) >= 11 is 0. The number of rotatable bonds is 5. The molecule has 0 unspecified atom stereocenters. The van der Waals surface area contributed by atoms with Crippen molar-refractivity contribution in [3.8, 4) is 5.75 Å². The molecular weight excluding hydrogens is 246 g/mol. The number of pyridine rings is 2. The normalized spacial score (nSPS) is 10.4. The van der Waals surface area contributed by atoms with Crippen LogP contribution in [0.25, 0.3) is 11.0 Å². The maximum absolute atomic E-state index is 11.8. The average Bonchev–Trinajstić information content (AvgIpc) is 2.44. The average molecular weight is 261 g/mol. The minimum Gasteiger partial charge on any atom is -0.490 e. The van der Waals surface area contributed by atoms with Crippen molar-refractivity contribution in [2.24, 2.45) is 5.73 Å². The Hall–Kier alpha value is -2.21. The molecule has 100 valence electrons. The second-order valence-corrected chi connectivity index (χ2v) is 3.74. The predicted octanol–water partition coefficient (Wildman–Crippen LogP) is 1.14. The molecule has 0 fully saturated rings. The summed E-state index contributed by atoms with van der Waals surface area (Å²) < 4.78 is 10.4. The smallest absolute Gasteiger partial charge is 0.360 e. The monoisotopic (exact) mass is 261 g/mol. The van der Waals surface area contributed by atoms with Gasteiger partial charge in [-0.25, -0.2) is 14.8 Å². The number of carbonyl (C=O) groups is 1. The number of fused-ring (bicyclic) bond motifs is 1. The molecule has 6 heteroatoms. The molecule has 0 aliphatic rings. The Bertz CT molecular complexity index is 586. The molecule has 0 spiro atoms. The molecule has 0 amide bonds. The zero-order valence-electron chi connectivity index (χ0n) is 10.6. The summed E-state index contributed by atoms with van der Waals surface area (Å²) in [7, 11) is 0. The van der Waals surface area contributed by atoms with Crippen LogP contribution in [0.5, 0.6) is 5.75 Å². The van der Waals surface area contributed by atoms with Gasteiger partial charge in [0, 0.05) is 18.1 Å². The van der Waals surface area contributed by atoms with Gasteiger partial charge >= 0.3 is 5.97 Å². The van der Waals surface area contributed by atoms with Crippen LogP contribution in [0.1, 0.15) is 17.4 Å². The van der Waals surface area contributed by atoms with Gasteiger partial charge in [-0.05, 0) is 25.1 Å². The third-order valence-electron chi connectivity index (χ3n) is 2.40. The van der Waals surface area contributed by atoms with Crippen LogP contribution in [0.4, 0.5) is 0 Å². The number of hydrogen-bond acceptors (Lipinski definition) is 6. The van der Waals surface area contributed by atoms with Gasteiger partial charge in [0.2, 0.25) is 0 Å². The molecular formula is C13H15N3O3. The van der Waals surface area contributed by atoms with Crippen molar-refractivity contribution < 1.29 is 14.3 Å². The standard InChI is InChI=1S/C13H15N3O3/c1-2-18-13(17)11-10(19-7-5-14)8-9-4-3-6-15-12(9)16-11/h3-4,6,8H,2,5,7,14H2,1H3. The van der Waals surface area contributed by atoms with Gasteiger partial charge in [-0.15, -0.1) is 0 Å². The first-order chi connectivity index (χ1) is 9.26. The van der Waals surface area contributed by atoms with Crippen LogP contribution in [-0.2, 0) is 4.74 Å². The molecule has 0 aliphatic carbocycles. The summed E-state index contributed by atoms with van der Waals surface area (Å²) in [6.45, 7) is 2.67. The summed E-state index contributed by atoms with van der Waals surface area (Å²) in [5.41, 5.74) is 6.00. The molecule has 0 bridgehead atoms. The second kappa shape index (κ2) is 6.10. The Morgan fingerprint density at radius 3 is 3.05 bits per heavy atom. The van der Waals surface area contributed by atoms with Gasteiger partial charge in [-0.3, -0.25) is 0 Å². The van der Waals surface area contributed by atoms with Gasteiger partial charge in [-0.1, -0.05) is 0 Å². The summed E-state index contributed by atoms with van der Waals surface area (Å²) in [6, 6.07) is 5.36. The lowest BCUT2D eigenvalue weighted by Crippen LogP contribution is -2.15. The zero-order chi connectivity index (χ0) is 13.7. The molecule has 2 aromatic heterocycles. The van der Waals surface area contributed by atoms with Crippen LogP contribution in [0, 0.1) is 0 Å². The van der Waals surface area contributed by atoms with E-state index in [1.54, 1.807) is 25.3 Å². The van der Waals surface area contributed by atoms with Crippen molar-refractivity contribution in [2.75, 3.05) is 19.8 Å². The summed E-state index contributed by atoms with van der Waals surface area (Å²) in [5.74, 6) is -0.161. The van der Waals surface area contributed by atoms with Crippen molar-refractivity contribution in [3.63, 3.8) is 0 Å². The lowest BCUT2D eigenvalue weighted by Gasteiger charge is -2.10. The number of ether oxygens (including phenoxy) is 2. The van der Waals surface area contributed by atoms with E-state index in [0.29, 0.717) is 24.5 Å². The van der Waals surface area contributed by atoms with E-state index in [9.17, 15) is 4.79 Å². The highest BCUT2D eigenvalue weighted by molar-refractivity contribution is 5.93.